The lowest BCUT2D eigenvalue weighted by Crippen LogP contribution is -1.99. The van der Waals surface area contributed by atoms with Gasteiger partial charge >= 0.3 is 5.97 Å². The topological polar surface area (TPSA) is 75.1 Å². The molecule has 100 valence electrons. The second kappa shape index (κ2) is 6.29. The first-order valence-electron chi connectivity index (χ1n) is 6.12. The largest absolute Gasteiger partial charge is 0.478 e. The fraction of sp³-hybridized carbons (Fsp3) is 0.308. The van der Waals surface area contributed by atoms with E-state index in [1.165, 1.54) is 11.3 Å². The van der Waals surface area contributed by atoms with Crippen LogP contribution in [0.2, 0.25) is 0 Å². The minimum absolute atomic E-state index is 0.273. The van der Waals surface area contributed by atoms with E-state index >= 15 is 0 Å². The molecule has 0 amide bonds. The van der Waals surface area contributed by atoms with Gasteiger partial charge in [-0.1, -0.05) is 36.8 Å². The number of carboxylic acids is 1. The highest BCUT2D eigenvalue weighted by Crippen LogP contribution is 2.26. The van der Waals surface area contributed by atoms with Crippen molar-refractivity contribution in [3.63, 3.8) is 0 Å². The number of nitrogens with zero attached hydrogens (tertiary/aromatic N) is 2. The lowest BCUT2D eigenvalue weighted by atomic mass is 10.1. The van der Waals surface area contributed by atoms with Crippen LogP contribution in [0.25, 0.3) is 10.6 Å². The number of carboxylic acid groups (broad SMARTS) is 1. The maximum Gasteiger partial charge on any atom is 0.335 e. The number of hydrogen-bond donors (Lipinski definition) is 2. The number of carbonyl (C=O) groups is 1. The first kappa shape index (κ1) is 13.5. The Morgan fingerprint density at radius 2 is 2.05 bits per heavy atom. The van der Waals surface area contributed by atoms with Gasteiger partial charge in [0.25, 0.3) is 0 Å². The summed E-state index contributed by atoms with van der Waals surface area (Å²) in [5.41, 5.74) is 1.15. The molecule has 0 atom stereocenters. The second-order valence-electron chi connectivity index (χ2n) is 4.08. The zero-order valence-corrected chi connectivity index (χ0v) is 11.4. The maximum atomic E-state index is 10.8. The van der Waals surface area contributed by atoms with Crippen molar-refractivity contribution in [3.8, 4) is 10.6 Å². The fourth-order valence-electron chi connectivity index (χ4n) is 1.54. The van der Waals surface area contributed by atoms with Crippen molar-refractivity contribution in [1.29, 1.82) is 0 Å². The van der Waals surface area contributed by atoms with Gasteiger partial charge in [0, 0.05) is 12.1 Å². The third-order valence-electron chi connectivity index (χ3n) is 2.61. The fourth-order valence-corrected chi connectivity index (χ4v) is 2.31. The minimum atomic E-state index is -0.925. The number of hydrogen-bond acceptors (Lipinski definition) is 5. The molecular formula is C13H15N3O2S. The monoisotopic (exact) mass is 277 g/mol. The molecule has 2 N–H and O–H groups in total. The third kappa shape index (κ3) is 3.51. The molecule has 2 aromatic rings. The Labute approximate surface area is 115 Å². The van der Waals surface area contributed by atoms with Crippen LogP contribution >= 0.6 is 11.3 Å². The van der Waals surface area contributed by atoms with Crippen LogP contribution < -0.4 is 5.32 Å². The Hall–Kier alpha value is -1.95. The van der Waals surface area contributed by atoms with Crippen LogP contribution in [0, 0.1) is 0 Å². The van der Waals surface area contributed by atoms with Crippen molar-refractivity contribution in [2.75, 3.05) is 11.9 Å². The van der Waals surface area contributed by atoms with E-state index in [-0.39, 0.29) is 5.56 Å². The number of aromatic carboxylic acids is 1. The molecule has 0 radical (unpaired) electrons. The Morgan fingerprint density at radius 1 is 1.32 bits per heavy atom. The Kier molecular flexibility index (Phi) is 4.46. The molecule has 0 bridgehead atoms. The first-order valence-corrected chi connectivity index (χ1v) is 6.93. The molecule has 0 saturated heterocycles. The lowest BCUT2D eigenvalue weighted by Gasteiger charge is -1.98. The van der Waals surface area contributed by atoms with Gasteiger partial charge < -0.3 is 10.4 Å². The predicted octanol–water partition coefficient (Wildman–Crippen LogP) is 3.12. The van der Waals surface area contributed by atoms with Crippen molar-refractivity contribution < 1.29 is 9.90 Å². The van der Waals surface area contributed by atoms with Crippen LogP contribution in [-0.4, -0.2) is 27.8 Å². The molecule has 0 unspecified atom stereocenters. The number of benzene rings is 1. The standard InChI is InChI=1S/C13H15N3O2S/c1-2-3-8-14-13-16-15-11(19-13)9-4-6-10(7-5-9)12(17)18/h4-7H,2-3,8H2,1H3,(H,14,16)(H,17,18). The maximum absolute atomic E-state index is 10.8. The summed E-state index contributed by atoms with van der Waals surface area (Å²) in [6.45, 7) is 3.03. The predicted molar refractivity (Wildman–Crippen MR) is 75.7 cm³/mol. The van der Waals surface area contributed by atoms with E-state index in [2.05, 4.69) is 22.4 Å². The van der Waals surface area contributed by atoms with Crippen molar-refractivity contribution in [3.05, 3.63) is 29.8 Å². The molecule has 0 aliphatic rings. The molecule has 6 heteroatoms. The highest BCUT2D eigenvalue weighted by Gasteiger charge is 2.07. The zero-order chi connectivity index (χ0) is 13.7. The van der Waals surface area contributed by atoms with Crippen molar-refractivity contribution in [1.82, 2.24) is 10.2 Å². The summed E-state index contributed by atoms with van der Waals surface area (Å²) in [4.78, 5) is 10.8. The summed E-state index contributed by atoms with van der Waals surface area (Å²) >= 11 is 1.47. The number of nitrogens with one attached hydrogen (secondary N) is 1. The molecule has 5 nitrogen and oxygen atoms in total. The van der Waals surface area contributed by atoms with E-state index in [1.54, 1.807) is 24.3 Å². The van der Waals surface area contributed by atoms with Crippen LogP contribution in [0.1, 0.15) is 30.1 Å². The smallest absolute Gasteiger partial charge is 0.335 e. The number of anilines is 1. The van der Waals surface area contributed by atoms with E-state index in [1.807, 2.05) is 0 Å². The van der Waals surface area contributed by atoms with Gasteiger partial charge in [-0.25, -0.2) is 4.79 Å². The molecule has 19 heavy (non-hydrogen) atoms. The SMILES string of the molecule is CCCCNc1nnc(-c2ccc(C(=O)O)cc2)s1. The Balaban J connectivity index is 2.07. The lowest BCUT2D eigenvalue weighted by molar-refractivity contribution is 0.0697. The van der Waals surface area contributed by atoms with Crippen molar-refractivity contribution in [2.45, 2.75) is 19.8 Å². The Morgan fingerprint density at radius 3 is 2.68 bits per heavy atom. The normalized spacial score (nSPS) is 10.4. The van der Waals surface area contributed by atoms with E-state index in [0.29, 0.717) is 0 Å². The molecule has 0 saturated carbocycles. The average molecular weight is 277 g/mol. The summed E-state index contributed by atoms with van der Waals surface area (Å²) in [6, 6.07) is 6.64. The van der Waals surface area contributed by atoms with Crippen molar-refractivity contribution >= 4 is 22.4 Å². The van der Waals surface area contributed by atoms with Crippen LogP contribution in [0.3, 0.4) is 0 Å². The van der Waals surface area contributed by atoms with Crippen LogP contribution in [0.15, 0.2) is 24.3 Å². The molecule has 1 aromatic carbocycles. The van der Waals surface area contributed by atoms with Crippen LogP contribution in [0.5, 0.6) is 0 Å². The molecule has 0 aliphatic heterocycles. The second-order valence-corrected chi connectivity index (χ2v) is 5.05. The molecule has 0 aliphatic carbocycles. The quantitative estimate of drug-likeness (QED) is 0.793. The van der Waals surface area contributed by atoms with Gasteiger partial charge in [-0.15, -0.1) is 10.2 Å². The van der Waals surface area contributed by atoms with Gasteiger partial charge in [0.2, 0.25) is 5.13 Å². The van der Waals surface area contributed by atoms with Gasteiger partial charge in [-0.3, -0.25) is 0 Å². The summed E-state index contributed by atoms with van der Waals surface area (Å²) in [6.07, 6.45) is 2.23. The molecule has 2 rings (SSSR count). The summed E-state index contributed by atoms with van der Waals surface area (Å²) < 4.78 is 0. The van der Waals surface area contributed by atoms with Gasteiger partial charge in [-0.2, -0.15) is 0 Å². The molecule has 0 fully saturated rings. The average Bonchev–Trinajstić information content (AvgIpc) is 2.88. The molecule has 1 aromatic heterocycles. The molecule has 1 heterocycles. The van der Waals surface area contributed by atoms with Crippen LogP contribution in [0.4, 0.5) is 5.13 Å². The highest BCUT2D eigenvalue weighted by molar-refractivity contribution is 7.18. The number of unbranched alkanes of at least 4 members (excludes halogenated alkanes) is 1. The summed E-state index contributed by atoms with van der Waals surface area (Å²) in [5.74, 6) is -0.925. The van der Waals surface area contributed by atoms with Gasteiger partial charge in [0.15, 0.2) is 0 Å². The van der Waals surface area contributed by atoms with Gasteiger partial charge in [0.1, 0.15) is 5.01 Å². The van der Waals surface area contributed by atoms with Crippen molar-refractivity contribution in [2.24, 2.45) is 0 Å². The first-order chi connectivity index (χ1) is 9.20. The number of aromatic nitrogens is 2. The van der Waals surface area contributed by atoms with Gasteiger partial charge in [0.05, 0.1) is 5.56 Å². The molecule has 0 spiro atoms. The van der Waals surface area contributed by atoms with E-state index in [0.717, 1.165) is 35.1 Å². The number of rotatable bonds is 6. The summed E-state index contributed by atoms with van der Waals surface area (Å²) in [7, 11) is 0. The minimum Gasteiger partial charge on any atom is -0.478 e. The summed E-state index contributed by atoms with van der Waals surface area (Å²) in [5, 5.41) is 21.8. The zero-order valence-electron chi connectivity index (χ0n) is 10.6. The van der Waals surface area contributed by atoms with Gasteiger partial charge in [-0.05, 0) is 18.6 Å². The van der Waals surface area contributed by atoms with E-state index < -0.39 is 5.97 Å². The third-order valence-corrected chi connectivity index (χ3v) is 3.54. The Bertz CT molecular complexity index is 551. The van der Waals surface area contributed by atoms with E-state index in [9.17, 15) is 4.79 Å². The van der Waals surface area contributed by atoms with Crippen LogP contribution in [-0.2, 0) is 0 Å². The highest BCUT2D eigenvalue weighted by atomic mass is 32.1. The molecular weight excluding hydrogens is 262 g/mol. The van der Waals surface area contributed by atoms with E-state index in [4.69, 9.17) is 5.11 Å².